The minimum atomic E-state index is -0.475. The number of nitrogens with one attached hydrogen (secondary N) is 1. The summed E-state index contributed by atoms with van der Waals surface area (Å²) in [5, 5.41) is 13.4. The maximum absolute atomic E-state index is 11.8. The number of methoxy groups -OCH3 is 1. The summed E-state index contributed by atoms with van der Waals surface area (Å²) in [6.45, 7) is 0. The zero-order valence-corrected chi connectivity index (χ0v) is 12.8. The smallest absolute Gasteiger partial charge is 0.275 e. The first-order chi connectivity index (χ1) is 10.1. The fraction of sp³-hybridized carbons (Fsp3) is 0.0667. The summed E-state index contributed by atoms with van der Waals surface area (Å²) in [5.74, 6) is 0.153. The zero-order chi connectivity index (χ0) is 15.2. The van der Waals surface area contributed by atoms with Gasteiger partial charge in [0.1, 0.15) is 11.5 Å². The Hall–Kier alpha value is -2.34. The van der Waals surface area contributed by atoms with Crippen molar-refractivity contribution in [2.45, 2.75) is 0 Å². The van der Waals surface area contributed by atoms with Crippen molar-refractivity contribution >= 4 is 28.1 Å². The van der Waals surface area contributed by atoms with E-state index in [9.17, 15) is 9.90 Å². The van der Waals surface area contributed by atoms with Crippen LogP contribution >= 0.6 is 15.9 Å². The molecule has 0 saturated heterocycles. The quantitative estimate of drug-likeness (QED) is 0.659. The number of carbonyl (C=O) groups is 1. The van der Waals surface area contributed by atoms with Gasteiger partial charge in [0.25, 0.3) is 5.91 Å². The summed E-state index contributed by atoms with van der Waals surface area (Å²) in [6, 6.07) is 11.7. The molecule has 0 radical (unpaired) electrons. The van der Waals surface area contributed by atoms with Crippen LogP contribution in [0.1, 0.15) is 15.9 Å². The zero-order valence-electron chi connectivity index (χ0n) is 11.2. The molecule has 1 amide bonds. The Morgan fingerprint density at radius 3 is 2.76 bits per heavy atom. The molecule has 0 aliphatic rings. The fourth-order valence-electron chi connectivity index (χ4n) is 1.65. The van der Waals surface area contributed by atoms with Gasteiger partial charge in [0.2, 0.25) is 0 Å². The van der Waals surface area contributed by atoms with Crippen molar-refractivity contribution in [2.24, 2.45) is 5.10 Å². The molecule has 0 spiro atoms. The van der Waals surface area contributed by atoms with E-state index in [1.807, 2.05) is 6.07 Å². The third kappa shape index (κ3) is 3.82. The van der Waals surface area contributed by atoms with Crippen LogP contribution in [0, 0.1) is 0 Å². The fourth-order valence-corrected chi connectivity index (χ4v) is 2.21. The molecular weight excluding hydrogens is 336 g/mol. The minimum Gasteiger partial charge on any atom is -0.507 e. The molecule has 2 aromatic rings. The van der Waals surface area contributed by atoms with Gasteiger partial charge in [0.15, 0.2) is 0 Å². The van der Waals surface area contributed by atoms with Crippen molar-refractivity contribution in [2.75, 3.05) is 7.11 Å². The number of aromatic hydroxyl groups is 1. The van der Waals surface area contributed by atoms with E-state index >= 15 is 0 Å². The summed E-state index contributed by atoms with van der Waals surface area (Å²) in [7, 11) is 1.58. The van der Waals surface area contributed by atoms with Crippen LogP contribution in [0.5, 0.6) is 11.5 Å². The third-order valence-electron chi connectivity index (χ3n) is 2.70. The van der Waals surface area contributed by atoms with Crippen LogP contribution in [0.3, 0.4) is 0 Å². The number of carbonyl (C=O) groups excluding carboxylic acids is 1. The molecule has 2 aromatic carbocycles. The maximum Gasteiger partial charge on any atom is 0.275 e. The summed E-state index contributed by atoms with van der Waals surface area (Å²) >= 11 is 3.37. The van der Waals surface area contributed by atoms with Gasteiger partial charge in [-0.2, -0.15) is 5.10 Å². The van der Waals surface area contributed by atoms with E-state index in [1.54, 1.807) is 31.4 Å². The first kappa shape index (κ1) is 15.1. The Balaban J connectivity index is 2.04. The van der Waals surface area contributed by atoms with Crippen molar-refractivity contribution in [3.63, 3.8) is 0 Å². The lowest BCUT2D eigenvalue weighted by Crippen LogP contribution is -2.17. The highest BCUT2D eigenvalue weighted by molar-refractivity contribution is 9.10. The number of hydrogen-bond donors (Lipinski definition) is 2. The second kappa shape index (κ2) is 6.90. The first-order valence-corrected chi connectivity index (χ1v) is 6.86. The SMILES string of the molecule is COc1ccc(/C=N\NC(=O)c2ccccc2O)cc1Br. The highest BCUT2D eigenvalue weighted by Gasteiger charge is 2.08. The molecule has 0 heterocycles. The number of halogens is 1. The molecular formula is C15H13BrN2O3. The van der Waals surface area contributed by atoms with Crippen LogP contribution in [0.15, 0.2) is 52.0 Å². The second-order valence-corrected chi connectivity index (χ2v) is 4.96. The van der Waals surface area contributed by atoms with Crippen molar-refractivity contribution in [3.8, 4) is 11.5 Å². The molecule has 0 fully saturated rings. The molecule has 5 nitrogen and oxygen atoms in total. The van der Waals surface area contributed by atoms with Gasteiger partial charge in [0, 0.05) is 0 Å². The van der Waals surface area contributed by atoms with E-state index in [0.29, 0.717) is 5.75 Å². The highest BCUT2D eigenvalue weighted by atomic mass is 79.9. The van der Waals surface area contributed by atoms with Crippen molar-refractivity contribution in [1.82, 2.24) is 5.43 Å². The van der Waals surface area contributed by atoms with Gasteiger partial charge in [0.05, 0.1) is 23.4 Å². The molecule has 2 N–H and O–H groups in total. The molecule has 0 unspecified atom stereocenters. The van der Waals surface area contributed by atoms with E-state index in [-0.39, 0.29) is 11.3 Å². The molecule has 2 rings (SSSR count). The number of para-hydroxylation sites is 1. The molecule has 0 aromatic heterocycles. The topological polar surface area (TPSA) is 70.9 Å². The number of nitrogens with zero attached hydrogens (tertiary/aromatic N) is 1. The molecule has 108 valence electrons. The summed E-state index contributed by atoms with van der Waals surface area (Å²) in [6.07, 6.45) is 1.50. The Morgan fingerprint density at radius 2 is 2.10 bits per heavy atom. The van der Waals surface area contributed by atoms with Crippen molar-refractivity contribution in [3.05, 3.63) is 58.1 Å². The first-order valence-electron chi connectivity index (χ1n) is 6.06. The number of phenolic OH excluding ortho intramolecular Hbond substituents is 1. The lowest BCUT2D eigenvalue weighted by molar-refractivity contribution is 0.0952. The average Bonchev–Trinajstić information content (AvgIpc) is 2.48. The lowest BCUT2D eigenvalue weighted by atomic mass is 10.2. The number of amides is 1. The van der Waals surface area contributed by atoms with Crippen LogP contribution in [0.2, 0.25) is 0 Å². The van der Waals surface area contributed by atoms with Gasteiger partial charge in [-0.3, -0.25) is 4.79 Å². The number of hydrazone groups is 1. The van der Waals surface area contributed by atoms with E-state index in [1.165, 1.54) is 18.3 Å². The van der Waals surface area contributed by atoms with Gasteiger partial charge in [-0.05, 0) is 51.8 Å². The van der Waals surface area contributed by atoms with Crippen LogP contribution < -0.4 is 10.2 Å². The molecule has 21 heavy (non-hydrogen) atoms. The van der Waals surface area contributed by atoms with E-state index in [4.69, 9.17) is 4.74 Å². The summed E-state index contributed by atoms with van der Waals surface area (Å²) < 4.78 is 5.92. The molecule has 0 aliphatic carbocycles. The Kier molecular flexibility index (Phi) is 4.94. The maximum atomic E-state index is 11.8. The predicted octanol–water partition coefficient (Wildman–Crippen LogP) is 2.93. The normalized spacial score (nSPS) is 10.6. The summed E-state index contributed by atoms with van der Waals surface area (Å²) in [4.78, 5) is 11.8. The van der Waals surface area contributed by atoms with E-state index < -0.39 is 5.91 Å². The predicted molar refractivity (Wildman–Crippen MR) is 83.9 cm³/mol. The van der Waals surface area contributed by atoms with Crippen molar-refractivity contribution in [1.29, 1.82) is 0 Å². The van der Waals surface area contributed by atoms with Gasteiger partial charge in [-0.15, -0.1) is 0 Å². The molecule has 0 bridgehead atoms. The molecule has 0 atom stereocenters. The largest absolute Gasteiger partial charge is 0.507 e. The molecule has 0 saturated carbocycles. The average molecular weight is 349 g/mol. The van der Waals surface area contributed by atoms with Gasteiger partial charge in [-0.1, -0.05) is 12.1 Å². The highest BCUT2D eigenvalue weighted by Crippen LogP contribution is 2.24. The number of benzene rings is 2. The molecule has 6 heteroatoms. The monoisotopic (exact) mass is 348 g/mol. The van der Waals surface area contributed by atoms with Crippen LogP contribution in [0.25, 0.3) is 0 Å². The van der Waals surface area contributed by atoms with Crippen molar-refractivity contribution < 1.29 is 14.6 Å². The molecule has 0 aliphatic heterocycles. The Bertz CT molecular complexity index is 686. The number of phenols is 1. The van der Waals surface area contributed by atoms with E-state index in [0.717, 1.165) is 10.0 Å². The van der Waals surface area contributed by atoms with Crippen LogP contribution in [-0.2, 0) is 0 Å². The third-order valence-corrected chi connectivity index (χ3v) is 3.32. The number of hydrogen-bond acceptors (Lipinski definition) is 4. The minimum absolute atomic E-state index is 0.0857. The number of rotatable bonds is 4. The summed E-state index contributed by atoms with van der Waals surface area (Å²) in [5.41, 5.74) is 3.32. The van der Waals surface area contributed by atoms with Gasteiger partial charge >= 0.3 is 0 Å². The van der Waals surface area contributed by atoms with Gasteiger partial charge < -0.3 is 9.84 Å². The van der Waals surface area contributed by atoms with E-state index in [2.05, 4.69) is 26.5 Å². The standard InChI is InChI=1S/C15H13BrN2O3/c1-21-14-7-6-10(8-12(14)16)9-17-18-15(20)11-4-2-3-5-13(11)19/h2-9,19H,1H3,(H,18,20)/b17-9-. The van der Waals surface area contributed by atoms with Gasteiger partial charge in [-0.25, -0.2) is 5.43 Å². The van der Waals surface area contributed by atoms with Crippen LogP contribution in [-0.4, -0.2) is 24.3 Å². The Labute approximate surface area is 130 Å². The lowest BCUT2D eigenvalue weighted by Gasteiger charge is -2.04. The van der Waals surface area contributed by atoms with Crippen LogP contribution in [0.4, 0.5) is 0 Å². The second-order valence-electron chi connectivity index (χ2n) is 4.11. The number of ether oxygens (including phenoxy) is 1. The Morgan fingerprint density at radius 1 is 1.33 bits per heavy atom.